The summed E-state index contributed by atoms with van der Waals surface area (Å²) in [5.41, 5.74) is -0.665. The number of aromatic nitrogens is 5. The van der Waals surface area contributed by atoms with Crippen LogP contribution < -0.4 is 5.32 Å². The Bertz CT molecular complexity index is 1310. The lowest BCUT2D eigenvalue weighted by Gasteiger charge is -2.11. The van der Waals surface area contributed by atoms with Crippen molar-refractivity contribution in [3.8, 4) is 11.4 Å². The molecule has 3 heterocycles. The minimum atomic E-state index is -3.06. The number of anilines is 2. The maximum atomic E-state index is 13.8. The molecule has 11 heteroatoms. The van der Waals surface area contributed by atoms with Crippen molar-refractivity contribution in [2.24, 2.45) is 0 Å². The molecule has 0 saturated carbocycles. The fraction of sp³-hybridized carbons (Fsp3) is 0.190. The number of nitrogens with one attached hydrogen (secondary N) is 1. The monoisotopic (exact) mass is 456 g/mol. The summed E-state index contributed by atoms with van der Waals surface area (Å²) in [5, 5.41) is 7.46. The van der Waals surface area contributed by atoms with Crippen molar-refractivity contribution in [3.63, 3.8) is 0 Å². The Morgan fingerprint density at radius 2 is 2.06 bits per heavy atom. The molecule has 3 aromatic heterocycles. The molecule has 0 saturated heterocycles. The number of fused-ring (bicyclic) bond motifs is 1. The van der Waals surface area contributed by atoms with E-state index in [1.54, 1.807) is 38.2 Å². The van der Waals surface area contributed by atoms with Gasteiger partial charge in [0.25, 0.3) is 5.66 Å². The molecule has 0 aliphatic carbocycles. The van der Waals surface area contributed by atoms with E-state index < -0.39 is 11.6 Å². The molecule has 1 aromatic carbocycles. The molecule has 0 spiro atoms. The topological polar surface area (TPSA) is 94.3 Å². The van der Waals surface area contributed by atoms with Crippen LogP contribution in [0, 0.1) is 6.92 Å². The largest absolute Gasteiger partial charge is 0.462 e. The molecule has 0 aliphatic rings. The van der Waals surface area contributed by atoms with Gasteiger partial charge in [-0.15, -0.1) is 5.10 Å². The van der Waals surface area contributed by atoms with Crippen molar-refractivity contribution in [3.05, 3.63) is 65.7 Å². The van der Waals surface area contributed by atoms with Crippen molar-refractivity contribution < 1.29 is 18.3 Å². The Morgan fingerprint density at radius 1 is 1.25 bits per heavy atom. The fourth-order valence-corrected chi connectivity index (χ4v) is 3.28. The number of carbonyl (C=O) groups excluding carboxylic acids is 1. The van der Waals surface area contributed by atoms with Crippen LogP contribution >= 0.6 is 9.24 Å². The van der Waals surface area contributed by atoms with Crippen LogP contribution in [0.15, 0.2) is 48.9 Å². The summed E-state index contributed by atoms with van der Waals surface area (Å²) in [7, 11) is 1.53. The van der Waals surface area contributed by atoms with Crippen molar-refractivity contribution in [1.82, 2.24) is 24.6 Å². The maximum absolute atomic E-state index is 13.8. The van der Waals surface area contributed by atoms with Crippen LogP contribution in [-0.4, -0.2) is 37.1 Å². The second-order valence-electron chi connectivity index (χ2n) is 6.91. The number of carbonyl (C=O) groups is 1. The normalized spacial score (nSPS) is 11.5. The summed E-state index contributed by atoms with van der Waals surface area (Å²) < 4.78 is 34.1. The first-order chi connectivity index (χ1) is 15.3. The van der Waals surface area contributed by atoms with Crippen LogP contribution in [0.2, 0.25) is 0 Å². The van der Waals surface area contributed by atoms with Gasteiger partial charge in [-0.25, -0.2) is 19.3 Å². The SMILES string of the molecule is CCOC(=O)c1cncc(Nc2ncc3c(C)nc(-c4cccc(C(F)(F)P)c4)n3n2)c1. The predicted molar refractivity (Wildman–Crippen MR) is 118 cm³/mol. The van der Waals surface area contributed by atoms with E-state index >= 15 is 0 Å². The smallest absolute Gasteiger partial charge is 0.339 e. The number of imidazole rings is 1. The highest BCUT2D eigenvalue weighted by molar-refractivity contribution is 7.17. The number of aryl methyl sites for hydroxylation is 1. The molecule has 0 bridgehead atoms. The zero-order chi connectivity index (χ0) is 22.9. The molecule has 4 aromatic rings. The number of pyridine rings is 1. The van der Waals surface area contributed by atoms with Gasteiger partial charge in [0.1, 0.15) is 5.52 Å². The molecule has 1 N–H and O–H groups in total. The van der Waals surface area contributed by atoms with Gasteiger partial charge in [-0.1, -0.05) is 27.4 Å². The molecule has 1 atom stereocenters. The summed E-state index contributed by atoms with van der Waals surface area (Å²) in [6.45, 7) is 3.76. The van der Waals surface area contributed by atoms with Gasteiger partial charge in [-0.3, -0.25) is 4.98 Å². The summed E-state index contributed by atoms with van der Waals surface area (Å²) in [6, 6.07) is 7.54. The standard InChI is InChI=1S/C21H19F2N6O2P/c1-3-31-19(30)14-8-16(10-24-9-14)27-20-25-11-17-12(2)26-18(29(17)28-20)13-5-4-6-15(7-13)21(22,23)32/h4-11H,3,32H2,1-2H3,(H,27,28). The van der Waals surface area contributed by atoms with Gasteiger partial charge in [0.15, 0.2) is 5.82 Å². The van der Waals surface area contributed by atoms with E-state index in [4.69, 9.17) is 4.74 Å². The molecule has 0 radical (unpaired) electrons. The number of halogens is 2. The Hall–Kier alpha value is -3.52. The number of alkyl halides is 2. The number of esters is 1. The Labute approximate surface area is 184 Å². The highest BCUT2D eigenvalue weighted by Crippen LogP contribution is 2.36. The summed E-state index contributed by atoms with van der Waals surface area (Å²) in [5.74, 6) is 0.127. The predicted octanol–water partition coefficient (Wildman–Crippen LogP) is 4.34. The van der Waals surface area contributed by atoms with Crippen LogP contribution in [0.3, 0.4) is 0 Å². The zero-order valence-corrected chi connectivity index (χ0v) is 18.4. The average Bonchev–Trinajstić information content (AvgIpc) is 3.09. The second-order valence-corrected chi connectivity index (χ2v) is 7.64. The highest BCUT2D eigenvalue weighted by atomic mass is 31.0. The molecule has 0 aliphatic heterocycles. The Morgan fingerprint density at radius 3 is 2.81 bits per heavy atom. The van der Waals surface area contributed by atoms with Crippen LogP contribution in [-0.2, 0) is 10.4 Å². The quantitative estimate of drug-likeness (QED) is 0.341. The summed E-state index contributed by atoms with van der Waals surface area (Å²) >= 11 is 0. The number of hydrogen-bond donors (Lipinski definition) is 1. The number of rotatable bonds is 6. The molecule has 1 unspecified atom stereocenters. The van der Waals surface area contributed by atoms with Gasteiger partial charge >= 0.3 is 5.97 Å². The lowest BCUT2D eigenvalue weighted by Crippen LogP contribution is -2.07. The molecule has 0 amide bonds. The highest BCUT2D eigenvalue weighted by Gasteiger charge is 2.25. The molecule has 0 fully saturated rings. The first-order valence-electron chi connectivity index (χ1n) is 9.65. The van der Waals surface area contributed by atoms with Gasteiger partial charge in [0, 0.05) is 17.3 Å². The third-order valence-corrected chi connectivity index (χ3v) is 4.92. The zero-order valence-electron chi connectivity index (χ0n) is 17.2. The van der Waals surface area contributed by atoms with Crippen LogP contribution in [0.25, 0.3) is 16.9 Å². The minimum absolute atomic E-state index is 0.149. The van der Waals surface area contributed by atoms with Crippen LogP contribution in [0.1, 0.15) is 28.5 Å². The van der Waals surface area contributed by atoms with Crippen molar-refractivity contribution in [2.75, 3.05) is 11.9 Å². The molecule has 8 nitrogen and oxygen atoms in total. The lowest BCUT2D eigenvalue weighted by atomic mass is 10.1. The van der Waals surface area contributed by atoms with E-state index in [0.717, 1.165) is 0 Å². The Balaban J connectivity index is 1.71. The molecule has 4 rings (SSSR count). The van der Waals surface area contributed by atoms with Gasteiger partial charge in [-0.05, 0) is 26.0 Å². The van der Waals surface area contributed by atoms with Crippen LogP contribution in [0.5, 0.6) is 0 Å². The number of benzene rings is 1. The van der Waals surface area contributed by atoms with Crippen LogP contribution in [0.4, 0.5) is 20.4 Å². The number of ether oxygens (including phenoxy) is 1. The fourth-order valence-electron chi connectivity index (χ4n) is 3.10. The average molecular weight is 456 g/mol. The van der Waals surface area contributed by atoms with E-state index in [2.05, 4.69) is 25.4 Å². The van der Waals surface area contributed by atoms with Gasteiger partial charge in [0.05, 0.1) is 35.9 Å². The number of nitrogens with zero attached hydrogens (tertiary/aromatic N) is 5. The van der Waals surface area contributed by atoms with E-state index in [1.807, 2.05) is 0 Å². The summed E-state index contributed by atoms with van der Waals surface area (Å²) in [6.07, 6.45) is 4.50. The molecular formula is C21H19F2N6O2P. The Kier molecular flexibility index (Phi) is 5.80. The van der Waals surface area contributed by atoms with E-state index in [0.29, 0.717) is 28.3 Å². The first kappa shape index (κ1) is 21.7. The van der Waals surface area contributed by atoms with Crippen molar-refractivity contribution in [2.45, 2.75) is 19.5 Å². The van der Waals surface area contributed by atoms with Gasteiger partial charge in [-0.2, -0.15) is 8.78 Å². The van der Waals surface area contributed by atoms with Crippen molar-refractivity contribution >= 4 is 32.4 Å². The van der Waals surface area contributed by atoms with Gasteiger partial charge < -0.3 is 10.1 Å². The van der Waals surface area contributed by atoms with E-state index in [9.17, 15) is 13.6 Å². The third-order valence-electron chi connectivity index (χ3n) is 4.59. The summed E-state index contributed by atoms with van der Waals surface area (Å²) in [4.78, 5) is 24.8. The van der Waals surface area contributed by atoms with Gasteiger partial charge in [0.2, 0.25) is 5.95 Å². The molecular weight excluding hydrogens is 437 g/mol. The van der Waals surface area contributed by atoms with E-state index in [-0.39, 0.29) is 23.7 Å². The van der Waals surface area contributed by atoms with Crippen molar-refractivity contribution in [1.29, 1.82) is 0 Å². The van der Waals surface area contributed by atoms with E-state index in [1.165, 1.54) is 38.3 Å². The molecule has 164 valence electrons. The maximum Gasteiger partial charge on any atom is 0.339 e. The molecule has 32 heavy (non-hydrogen) atoms. The minimum Gasteiger partial charge on any atom is -0.462 e. The number of hydrogen-bond acceptors (Lipinski definition) is 7. The first-order valence-corrected chi connectivity index (χ1v) is 10.2. The second kappa shape index (κ2) is 8.55. The third kappa shape index (κ3) is 4.40. The lowest BCUT2D eigenvalue weighted by molar-refractivity contribution is 0.0526.